The van der Waals surface area contributed by atoms with Crippen molar-refractivity contribution in [1.29, 1.82) is 0 Å². The fourth-order valence-electron chi connectivity index (χ4n) is 6.50. The fraction of sp³-hybridized carbons (Fsp3) is 0.146. The van der Waals surface area contributed by atoms with E-state index >= 15 is 0 Å². The number of aryl methyl sites for hydroxylation is 2. The van der Waals surface area contributed by atoms with Gasteiger partial charge in [-0.05, 0) is 97.5 Å². The van der Waals surface area contributed by atoms with Crippen LogP contribution in [0.25, 0.3) is 56.5 Å². The number of aromatic nitrogens is 7. The van der Waals surface area contributed by atoms with Gasteiger partial charge >= 0.3 is 0 Å². The first-order chi connectivity index (χ1) is 27.4. The van der Waals surface area contributed by atoms with Crippen molar-refractivity contribution in [2.45, 2.75) is 46.7 Å². The zero-order valence-electron chi connectivity index (χ0n) is 32.5. The molecule has 4 aromatic carbocycles. The van der Waals surface area contributed by atoms with Gasteiger partial charge in [0.1, 0.15) is 22.7 Å². The summed E-state index contributed by atoms with van der Waals surface area (Å²) in [6, 6.07) is 49.8. The number of nitrogens with zero attached hydrogens (tertiary/aromatic N) is 7. The van der Waals surface area contributed by atoms with E-state index < -0.39 is 0 Å². The van der Waals surface area contributed by atoms with E-state index in [1.54, 1.807) is 0 Å². The molecule has 0 spiro atoms. The standard InChI is InChI=1S/C38H30N7P.C7H8.C3H8/c1-25-34(18-11-19-39-25)46-26(2)27-22-28(35-42-32-16-9-20-40-37(32)44(35)30-12-5-3-6-13-30)24-29(23-27)36-43-33-17-10-21-41-38(33)45(36)31-14-7-4-8-15-31;1-7-5-3-2-4-6-7;1-3-2/h3-24,26,46H,1-2H3;2-6H,1H3;3H2,1-2H3. The normalized spacial score (nSPS) is 11.6. The molecule has 2 unspecified atom stereocenters. The maximum Gasteiger partial charge on any atom is 0.164 e. The van der Waals surface area contributed by atoms with Crippen molar-refractivity contribution in [2.24, 2.45) is 0 Å². The van der Waals surface area contributed by atoms with Crippen LogP contribution in [0.1, 0.15) is 49.7 Å². The molecule has 2 atom stereocenters. The molecule has 8 heteroatoms. The molecule has 0 bridgehead atoms. The second kappa shape index (κ2) is 17.9. The average Bonchev–Trinajstić information content (AvgIpc) is 3.83. The van der Waals surface area contributed by atoms with Crippen molar-refractivity contribution in [2.75, 3.05) is 0 Å². The summed E-state index contributed by atoms with van der Waals surface area (Å²) in [7, 11) is 0.542. The lowest BCUT2D eigenvalue weighted by molar-refractivity contribution is 1.05. The quantitative estimate of drug-likeness (QED) is 0.152. The number of pyridine rings is 3. The van der Waals surface area contributed by atoms with Crippen LogP contribution in [0.4, 0.5) is 0 Å². The Morgan fingerprint density at radius 3 is 1.43 bits per heavy atom. The SMILES string of the molecule is CCC.Cc1ccccc1.Cc1ncccc1PC(C)c1cc(-c2nc3cccnc3n2-c2ccccc2)cc(-c2nc3cccnc3n2-c2ccccc2)c1. The maximum atomic E-state index is 5.17. The molecule has 0 saturated carbocycles. The van der Waals surface area contributed by atoms with E-state index in [1.807, 2.05) is 104 Å². The van der Waals surface area contributed by atoms with E-state index in [2.05, 4.69) is 109 Å². The van der Waals surface area contributed by atoms with Crippen molar-refractivity contribution >= 4 is 36.2 Å². The Labute approximate surface area is 331 Å². The third kappa shape index (κ3) is 8.49. The van der Waals surface area contributed by atoms with Gasteiger partial charge in [0.05, 0.1) is 0 Å². The molecule has 0 saturated heterocycles. The third-order valence-electron chi connectivity index (χ3n) is 9.15. The van der Waals surface area contributed by atoms with E-state index in [1.165, 1.54) is 22.9 Å². The van der Waals surface area contributed by atoms with E-state index in [0.29, 0.717) is 8.58 Å². The second-order valence-corrected chi connectivity index (χ2v) is 15.3. The number of hydrogen-bond acceptors (Lipinski definition) is 5. The summed E-state index contributed by atoms with van der Waals surface area (Å²) < 4.78 is 4.30. The van der Waals surface area contributed by atoms with Crippen LogP contribution in [0.5, 0.6) is 0 Å². The van der Waals surface area contributed by atoms with Crippen molar-refractivity contribution in [3.63, 3.8) is 0 Å². The summed E-state index contributed by atoms with van der Waals surface area (Å²) in [5.41, 5.74) is 11.1. The van der Waals surface area contributed by atoms with Crippen LogP contribution < -0.4 is 5.30 Å². The molecule has 7 nitrogen and oxygen atoms in total. The molecule has 9 aromatic rings. The van der Waals surface area contributed by atoms with Crippen LogP contribution in [-0.4, -0.2) is 34.1 Å². The van der Waals surface area contributed by atoms with Gasteiger partial charge in [-0.15, -0.1) is 0 Å². The van der Waals surface area contributed by atoms with Crippen LogP contribution in [0.15, 0.2) is 164 Å². The van der Waals surface area contributed by atoms with E-state index in [4.69, 9.17) is 19.9 Å². The number of rotatable bonds is 7. The summed E-state index contributed by atoms with van der Waals surface area (Å²) >= 11 is 0. The van der Waals surface area contributed by atoms with Gasteiger partial charge in [-0.2, -0.15) is 0 Å². The van der Waals surface area contributed by atoms with Crippen LogP contribution >= 0.6 is 8.58 Å². The molecule has 0 amide bonds. The molecular formula is C48H46N7P. The highest BCUT2D eigenvalue weighted by atomic mass is 31.1. The Bertz CT molecular complexity index is 2520. The second-order valence-electron chi connectivity index (χ2n) is 13.6. The van der Waals surface area contributed by atoms with Crippen molar-refractivity contribution in [1.82, 2.24) is 34.1 Å². The minimum atomic E-state index is 0.224. The number of hydrogen-bond donors (Lipinski definition) is 0. The Morgan fingerprint density at radius 2 is 0.982 bits per heavy atom. The number of imidazole rings is 2. The smallest absolute Gasteiger partial charge is 0.164 e. The monoisotopic (exact) mass is 751 g/mol. The van der Waals surface area contributed by atoms with Gasteiger partial charge in [0, 0.05) is 52.4 Å². The molecule has 278 valence electrons. The molecule has 9 rings (SSSR count). The van der Waals surface area contributed by atoms with Gasteiger partial charge in [-0.1, -0.05) is 114 Å². The summed E-state index contributed by atoms with van der Waals surface area (Å²) in [6.45, 7) is 10.7. The Morgan fingerprint density at radius 1 is 0.536 bits per heavy atom. The lowest BCUT2D eigenvalue weighted by Crippen LogP contribution is -2.05. The molecular weight excluding hydrogens is 706 g/mol. The molecule has 56 heavy (non-hydrogen) atoms. The lowest BCUT2D eigenvalue weighted by atomic mass is 10.0. The maximum absolute atomic E-state index is 5.17. The molecule has 0 fully saturated rings. The van der Waals surface area contributed by atoms with Crippen LogP contribution in [0.2, 0.25) is 0 Å². The Kier molecular flexibility index (Phi) is 12.1. The van der Waals surface area contributed by atoms with Gasteiger partial charge < -0.3 is 0 Å². The number of para-hydroxylation sites is 2. The highest BCUT2D eigenvalue weighted by molar-refractivity contribution is 7.47. The van der Waals surface area contributed by atoms with E-state index in [-0.39, 0.29) is 5.66 Å². The first-order valence-electron chi connectivity index (χ1n) is 19.1. The Balaban J connectivity index is 0.000000425. The largest absolute Gasteiger partial charge is 0.277 e. The van der Waals surface area contributed by atoms with Gasteiger partial charge in [-0.3, -0.25) is 14.1 Å². The molecule has 0 aliphatic heterocycles. The summed E-state index contributed by atoms with van der Waals surface area (Å²) in [5.74, 6) is 1.66. The fourth-order valence-corrected chi connectivity index (χ4v) is 7.77. The summed E-state index contributed by atoms with van der Waals surface area (Å²) in [6.07, 6.45) is 6.75. The van der Waals surface area contributed by atoms with Crippen LogP contribution in [0.3, 0.4) is 0 Å². The minimum absolute atomic E-state index is 0.224. The number of benzene rings is 4. The number of fused-ring (bicyclic) bond motifs is 2. The first-order valence-corrected chi connectivity index (χ1v) is 20.2. The molecule has 0 N–H and O–H groups in total. The lowest BCUT2D eigenvalue weighted by Gasteiger charge is -2.18. The van der Waals surface area contributed by atoms with Crippen molar-refractivity contribution < 1.29 is 0 Å². The van der Waals surface area contributed by atoms with Crippen molar-refractivity contribution in [3.8, 4) is 34.2 Å². The molecule has 0 aliphatic rings. The van der Waals surface area contributed by atoms with Gasteiger partial charge in [0.25, 0.3) is 0 Å². The van der Waals surface area contributed by atoms with Gasteiger partial charge in [0.15, 0.2) is 11.3 Å². The molecule has 0 radical (unpaired) electrons. The Hall–Kier alpha value is -6.30. The van der Waals surface area contributed by atoms with Gasteiger partial charge in [-0.25, -0.2) is 19.9 Å². The predicted molar refractivity (Wildman–Crippen MR) is 235 cm³/mol. The van der Waals surface area contributed by atoms with Gasteiger partial charge in [0.2, 0.25) is 0 Å². The zero-order valence-corrected chi connectivity index (χ0v) is 33.5. The van der Waals surface area contributed by atoms with Crippen molar-refractivity contribution in [3.05, 3.63) is 181 Å². The summed E-state index contributed by atoms with van der Waals surface area (Å²) in [4.78, 5) is 24.4. The van der Waals surface area contributed by atoms with E-state index in [9.17, 15) is 0 Å². The molecule has 0 aliphatic carbocycles. The minimum Gasteiger partial charge on any atom is -0.277 e. The zero-order chi connectivity index (χ0) is 38.9. The topological polar surface area (TPSA) is 74.3 Å². The highest BCUT2D eigenvalue weighted by Gasteiger charge is 2.22. The van der Waals surface area contributed by atoms with Crippen LogP contribution in [0, 0.1) is 13.8 Å². The summed E-state index contributed by atoms with van der Waals surface area (Å²) in [5, 5.41) is 1.27. The van der Waals surface area contributed by atoms with Crippen LogP contribution in [-0.2, 0) is 0 Å². The average molecular weight is 752 g/mol. The first kappa shape index (κ1) is 38.0. The molecule has 5 heterocycles. The molecule has 5 aromatic heterocycles. The van der Waals surface area contributed by atoms with E-state index in [0.717, 1.165) is 62.2 Å². The third-order valence-corrected chi connectivity index (χ3v) is 10.8. The highest BCUT2D eigenvalue weighted by Crippen LogP contribution is 2.40. The predicted octanol–water partition coefficient (Wildman–Crippen LogP) is 11.7.